The average molecular weight is 582 g/mol. The maximum Gasteiger partial charge on any atom is 0.416 e. The van der Waals surface area contributed by atoms with Gasteiger partial charge in [-0.1, -0.05) is 30.3 Å². The number of alkyl halides is 3. The number of amides is 2. The van der Waals surface area contributed by atoms with Gasteiger partial charge in [0, 0.05) is 43.0 Å². The zero-order valence-corrected chi connectivity index (χ0v) is 23.4. The van der Waals surface area contributed by atoms with Crippen LogP contribution in [0.25, 0.3) is 11.1 Å². The maximum atomic E-state index is 13.1. The van der Waals surface area contributed by atoms with Gasteiger partial charge >= 0.3 is 12.1 Å². The van der Waals surface area contributed by atoms with Crippen LogP contribution in [0.15, 0.2) is 72.8 Å². The van der Waals surface area contributed by atoms with Crippen molar-refractivity contribution < 1.29 is 32.3 Å². The Hall–Kier alpha value is -4.34. The minimum atomic E-state index is -4.43. The van der Waals surface area contributed by atoms with Crippen molar-refractivity contribution in [2.45, 2.75) is 38.8 Å². The summed E-state index contributed by atoms with van der Waals surface area (Å²) in [5.41, 5.74) is 2.27. The summed E-state index contributed by atoms with van der Waals surface area (Å²) in [5.74, 6) is -0.468. The van der Waals surface area contributed by atoms with Crippen molar-refractivity contribution >= 4 is 29.2 Å². The Labute approximate surface area is 243 Å². The van der Waals surface area contributed by atoms with Crippen LogP contribution in [0.3, 0.4) is 0 Å². The number of nitrogens with zero attached hydrogens (tertiary/aromatic N) is 1. The predicted molar refractivity (Wildman–Crippen MR) is 155 cm³/mol. The van der Waals surface area contributed by atoms with Gasteiger partial charge in [0.05, 0.1) is 18.6 Å². The number of hydrogen-bond donors (Lipinski definition) is 2. The molecule has 4 rings (SSSR count). The zero-order chi connectivity index (χ0) is 30.1. The van der Waals surface area contributed by atoms with Crippen molar-refractivity contribution in [3.63, 3.8) is 0 Å². The lowest BCUT2D eigenvalue weighted by molar-refractivity contribution is -0.143. The van der Waals surface area contributed by atoms with E-state index >= 15 is 0 Å². The van der Waals surface area contributed by atoms with Gasteiger partial charge in [-0.25, -0.2) is 0 Å². The highest BCUT2D eigenvalue weighted by molar-refractivity contribution is 6.08. The van der Waals surface area contributed by atoms with Gasteiger partial charge in [-0.05, 0) is 79.3 Å². The number of benzene rings is 3. The smallest absolute Gasteiger partial charge is 0.416 e. The molecule has 0 saturated carbocycles. The first kappa shape index (κ1) is 30.6. The van der Waals surface area contributed by atoms with Gasteiger partial charge in [0.2, 0.25) is 5.91 Å². The van der Waals surface area contributed by atoms with Crippen LogP contribution in [0.5, 0.6) is 0 Å². The van der Waals surface area contributed by atoms with E-state index in [4.69, 9.17) is 4.74 Å². The molecule has 1 fully saturated rings. The van der Waals surface area contributed by atoms with Crippen LogP contribution in [0.4, 0.5) is 24.5 Å². The van der Waals surface area contributed by atoms with Crippen LogP contribution >= 0.6 is 0 Å². The largest absolute Gasteiger partial charge is 0.466 e. The zero-order valence-electron chi connectivity index (χ0n) is 23.4. The molecule has 1 saturated heterocycles. The molecule has 1 aliphatic heterocycles. The number of halogens is 3. The normalized spacial score (nSPS) is 13.9. The Balaban J connectivity index is 1.29. The third-order valence-electron chi connectivity index (χ3n) is 7.23. The third kappa shape index (κ3) is 8.34. The van der Waals surface area contributed by atoms with E-state index in [-0.39, 0.29) is 36.7 Å². The summed E-state index contributed by atoms with van der Waals surface area (Å²) in [6.45, 7) is 3.94. The van der Waals surface area contributed by atoms with Crippen LogP contribution < -0.4 is 15.5 Å². The SMILES string of the molecule is CCOC(=O)CCNC(=O)CC1CCN(c2ccc(NC(=O)c3ccccc3-c3ccc(C(F)(F)F)cc3)cc2)CC1. The number of rotatable bonds is 10. The fourth-order valence-electron chi connectivity index (χ4n) is 4.99. The first-order valence-electron chi connectivity index (χ1n) is 14.0. The van der Waals surface area contributed by atoms with Crippen molar-refractivity contribution in [2.24, 2.45) is 5.92 Å². The predicted octanol–water partition coefficient (Wildman–Crippen LogP) is 6.30. The molecule has 1 aliphatic rings. The van der Waals surface area contributed by atoms with Crippen molar-refractivity contribution in [3.05, 3.63) is 83.9 Å². The van der Waals surface area contributed by atoms with Gasteiger partial charge in [0.1, 0.15) is 0 Å². The summed E-state index contributed by atoms with van der Waals surface area (Å²) in [4.78, 5) is 39.0. The lowest BCUT2D eigenvalue weighted by Gasteiger charge is -2.33. The molecular weight excluding hydrogens is 547 g/mol. The molecule has 1 heterocycles. The number of carbonyl (C=O) groups is 3. The van der Waals surface area contributed by atoms with E-state index < -0.39 is 11.7 Å². The third-order valence-corrected chi connectivity index (χ3v) is 7.23. The quantitative estimate of drug-likeness (QED) is 0.275. The number of piperidine rings is 1. The van der Waals surface area contributed by atoms with Gasteiger partial charge in [0.25, 0.3) is 5.91 Å². The van der Waals surface area contributed by atoms with Gasteiger partial charge in [0.15, 0.2) is 0 Å². The topological polar surface area (TPSA) is 87.7 Å². The number of carbonyl (C=O) groups excluding carboxylic acids is 3. The van der Waals surface area contributed by atoms with Gasteiger partial charge in [-0.15, -0.1) is 0 Å². The molecule has 10 heteroatoms. The molecule has 0 bridgehead atoms. The molecule has 0 atom stereocenters. The summed E-state index contributed by atoms with van der Waals surface area (Å²) in [5, 5.41) is 5.67. The molecule has 7 nitrogen and oxygen atoms in total. The Morgan fingerprint density at radius 2 is 1.60 bits per heavy atom. The number of nitrogens with one attached hydrogen (secondary N) is 2. The number of hydrogen-bond acceptors (Lipinski definition) is 5. The Morgan fingerprint density at radius 3 is 2.24 bits per heavy atom. The fourth-order valence-corrected chi connectivity index (χ4v) is 4.99. The molecule has 222 valence electrons. The van der Waals surface area contributed by atoms with Crippen LogP contribution in [0.2, 0.25) is 0 Å². The number of anilines is 2. The lowest BCUT2D eigenvalue weighted by atomic mass is 9.93. The molecule has 2 N–H and O–H groups in total. The number of ether oxygens (including phenoxy) is 1. The highest BCUT2D eigenvalue weighted by atomic mass is 19.4. The van der Waals surface area contributed by atoms with E-state index in [0.717, 1.165) is 43.8 Å². The van der Waals surface area contributed by atoms with E-state index in [1.807, 2.05) is 24.3 Å². The van der Waals surface area contributed by atoms with Crippen LogP contribution in [0, 0.1) is 5.92 Å². The second-order valence-corrected chi connectivity index (χ2v) is 10.2. The second kappa shape index (κ2) is 14.0. The Bertz CT molecular complexity index is 1370. The maximum absolute atomic E-state index is 13.1. The van der Waals surface area contributed by atoms with Crippen LogP contribution in [0.1, 0.15) is 48.5 Å². The van der Waals surface area contributed by atoms with E-state index in [1.54, 1.807) is 31.2 Å². The first-order valence-corrected chi connectivity index (χ1v) is 14.0. The minimum absolute atomic E-state index is 0.0576. The lowest BCUT2D eigenvalue weighted by Crippen LogP contribution is -2.36. The molecule has 2 amide bonds. The summed E-state index contributed by atoms with van der Waals surface area (Å²) in [7, 11) is 0. The van der Waals surface area contributed by atoms with E-state index in [2.05, 4.69) is 15.5 Å². The molecule has 3 aromatic carbocycles. The standard InChI is InChI=1S/C32H34F3N3O4/c1-2-42-30(40)15-18-36-29(39)21-22-16-19-38(20-17-22)26-13-11-25(12-14-26)37-31(41)28-6-4-3-5-27(28)23-7-9-24(10-8-23)32(33,34)35/h3-14,22H,2,15-21H2,1H3,(H,36,39)(H,37,41). The molecule has 0 unspecified atom stereocenters. The summed E-state index contributed by atoms with van der Waals surface area (Å²) >= 11 is 0. The van der Waals surface area contributed by atoms with Crippen molar-refractivity contribution in [1.29, 1.82) is 0 Å². The molecular formula is C32H34F3N3O4. The van der Waals surface area contributed by atoms with Gasteiger partial charge in [-0.2, -0.15) is 13.2 Å². The highest BCUT2D eigenvalue weighted by Gasteiger charge is 2.30. The number of esters is 1. The molecule has 0 aliphatic carbocycles. The van der Waals surface area contributed by atoms with E-state index in [9.17, 15) is 27.6 Å². The molecule has 0 radical (unpaired) electrons. The molecule has 42 heavy (non-hydrogen) atoms. The Morgan fingerprint density at radius 1 is 0.929 bits per heavy atom. The van der Waals surface area contributed by atoms with Gasteiger partial charge < -0.3 is 20.3 Å². The Kier molecular flexibility index (Phi) is 10.2. The minimum Gasteiger partial charge on any atom is -0.466 e. The molecule has 0 spiro atoms. The second-order valence-electron chi connectivity index (χ2n) is 10.2. The monoisotopic (exact) mass is 581 g/mol. The fraction of sp³-hybridized carbons (Fsp3) is 0.344. The van der Waals surface area contributed by atoms with Crippen LogP contribution in [-0.2, 0) is 20.5 Å². The van der Waals surface area contributed by atoms with Crippen molar-refractivity contribution in [2.75, 3.05) is 36.5 Å². The molecule has 0 aromatic heterocycles. The first-order chi connectivity index (χ1) is 20.1. The van der Waals surface area contributed by atoms with Crippen molar-refractivity contribution in [1.82, 2.24) is 5.32 Å². The van der Waals surface area contributed by atoms with E-state index in [1.165, 1.54) is 12.1 Å². The average Bonchev–Trinajstić information content (AvgIpc) is 2.98. The van der Waals surface area contributed by atoms with Gasteiger partial charge in [-0.3, -0.25) is 14.4 Å². The van der Waals surface area contributed by atoms with E-state index in [0.29, 0.717) is 35.4 Å². The summed E-state index contributed by atoms with van der Waals surface area (Å²) < 4.78 is 43.8. The van der Waals surface area contributed by atoms with Crippen molar-refractivity contribution in [3.8, 4) is 11.1 Å². The summed E-state index contributed by atoms with van der Waals surface area (Å²) in [6.07, 6.45) is -2.11. The van der Waals surface area contributed by atoms with Crippen LogP contribution in [-0.4, -0.2) is 44.0 Å². The molecule has 3 aromatic rings. The summed E-state index contributed by atoms with van der Waals surface area (Å²) in [6, 6.07) is 19.0. The highest BCUT2D eigenvalue weighted by Crippen LogP contribution is 2.32.